The van der Waals surface area contributed by atoms with Crippen molar-refractivity contribution in [2.75, 3.05) is 11.4 Å². The summed E-state index contributed by atoms with van der Waals surface area (Å²) in [7, 11) is 0. The highest BCUT2D eigenvalue weighted by molar-refractivity contribution is 6.36. The van der Waals surface area contributed by atoms with Gasteiger partial charge in [0.05, 0.1) is 10.7 Å². The summed E-state index contributed by atoms with van der Waals surface area (Å²) in [5, 5.41) is 1.30. The Morgan fingerprint density at radius 1 is 1.25 bits per heavy atom. The lowest BCUT2D eigenvalue weighted by molar-refractivity contribution is 0.861. The number of halogens is 2. The van der Waals surface area contributed by atoms with Crippen molar-refractivity contribution in [2.45, 2.75) is 13.5 Å². The molecule has 0 amide bonds. The van der Waals surface area contributed by atoms with Crippen molar-refractivity contribution in [3.8, 4) is 0 Å². The number of aromatic nitrogens is 1. The molecule has 0 N–H and O–H groups in total. The summed E-state index contributed by atoms with van der Waals surface area (Å²) in [5.74, 6) is 0. The first kappa shape index (κ1) is 14.9. The molecule has 0 saturated carbocycles. The lowest BCUT2D eigenvalue weighted by Crippen LogP contribution is -2.23. The molecule has 0 spiro atoms. The smallest absolute Gasteiger partial charge is 0.0654 e. The summed E-state index contributed by atoms with van der Waals surface area (Å²) in [5.41, 5.74) is 2.11. The molecule has 0 radical (unpaired) electrons. The summed E-state index contributed by atoms with van der Waals surface area (Å²) in [4.78, 5) is 6.34. The fraction of sp³-hybridized carbons (Fsp3) is 0.188. The second-order valence-corrected chi connectivity index (χ2v) is 5.25. The Hall–Kier alpha value is -1.51. The van der Waals surface area contributed by atoms with E-state index in [1.807, 2.05) is 37.4 Å². The lowest BCUT2D eigenvalue weighted by atomic mass is 10.2. The third kappa shape index (κ3) is 3.99. The Bertz CT molecular complexity index is 582. The van der Waals surface area contributed by atoms with E-state index >= 15 is 0 Å². The molecule has 20 heavy (non-hydrogen) atoms. The zero-order valence-corrected chi connectivity index (χ0v) is 12.8. The summed E-state index contributed by atoms with van der Waals surface area (Å²) < 4.78 is 0. The average Bonchev–Trinajstić information content (AvgIpc) is 2.45. The van der Waals surface area contributed by atoms with E-state index in [9.17, 15) is 0 Å². The van der Waals surface area contributed by atoms with E-state index in [0.717, 1.165) is 24.3 Å². The second kappa shape index (κ2) is 7.32. The minimum absolute atomic E-state index is 0.645. The number of rotatable bonds is 5. The van der Waals surface area contributed by atoms with Crippen LogP contribution >= 0.6 is 23.2 Å². The fourth-order valence-corrected chi connectivity index (χ4v) is 2.46. The molecule has 0 aliphatic carbocycles. The van der Waals surface area contributed by atoms with E-state index < -0.39 is 0 Å². The van der Waals surface area contributed by atoms with Crippen LogP contribution in [0.3, 0.4) is 0 Å². The van der Waals surface area contributed by atoms with Crippen LogP contribution in [-0.2, 0) is 6.54 Å². The van der Waals surface area contributed by atoms with Gasteiger partial charge in [0.15, 0.2) is 0 Å². The number of anilines is 1. The van der Waals surface area contributed by atoms with E-state index in [2.05, 4.69) is 22.0 Å². The average molecular weight is 307 g/mol. The molecular formula is C16H16Cl2N2. The number of benzene rings is 1. The molecule has 1 aromatic heterocycles. The first-order valence-corrected chi connectivity index (χ1v) is 7.16. The standard InChI is InChI=1S/C16H16Cl2N2/c1-2-3-9-20(12-13-5-4-8-19-11-13)16-7-6-14(17)10-15(16)18/h2-8,10-11H,9,12H2,1H3. The van der Waals surface area contributed by atoms with Crippen LogP contribution in [0.15, 0.2) is 54.9 Å². The summed E-state index contributed by atoms with van der Waals surface area (Å²) >= 11 is 12.3. The Morgan fingerprint density at radius 2 is 2.10 bits per heavy atom. The van der Waals surface area contributed by atoms with E-state index in [-0.39, 0.29) is 0 Å². The fourth-order valence-electron chi connectivity index (χ4n) is 1.93. The first-order valence-electron chi connectivity index (χ1n) is 6.40. The molecule has 0 bridgehead atoms. The maximum atomic E-state index is 6.30. The van der Waals surface area contributed by atoms with Gasteiger partial charge in [-0.25, -0.2) is 0 Å². The van der Waals surface area contributed by atoms with Crippen LogP contribution in [0.4, 0.5) is 5.69 Å². The molecular weight excluding hydrogens is 291 g/mol. The predicted molar refractivity (Wildman–Crippen MR) is 86.6 cm³/mol. The zero-order chi connectivity index (χ0) is 14.4. The SMILES string of the molecule is CC=CCN(Cc1cccnc1)c1ccc(Cl)cc1Cl. The number of nitrogens with zero attached hydrogens (tertiary/aromatic N) is 2. The third-order valence-corrected chi connectivity index (χ3v) is 3.45. The van der Waals surface area contributed by atoms with Gasteiger partial charge in [-0.3, -0.25) is 4.98 Å². The van der Waals surface area contributed by atoms with Gasteiger partial charge in [0.1, 0.15) is 0 Å². The van der Waals surface area contributed by atoms with E-state index in [4.69, 9.17) is 23.2 Å². The molecule has 0 aliphatic heterocycles. The van der Waals surface area contributed by atoms with Crippen LogP contribution < -0.4 is 4.90 Å². The molecule has 0 saturated heterocycles. The van der Waals surface area contributed by atoms with Gasteiger partial charge in [-0.15, -0.1) is 0 Å². The van der Waals surface area contributed by atoms with Gasteiger partial charge in [0.2, 0.25) is 0 Å². The highest BCUT2D eigenvalue weighted by Gasteiger charge is 2.10. The molecule has 0 aliphatic rings. The molecule has 0 unspecified atom stereocenters. The number of hydrogen-bond donors (Lipinski definition) is 0. The van der Waals surface area contributed by atoms with Crippen LogP contribution in [0.25, 0.3) is 0 Å². The molecule has 0 fully saturated rings. The molecule has 4 heteroatoms. The number of allylic oxidation sites excluding steroid dienone is 1. The Labute approximate surface area is 129 Å². The molecule has 2 nitrogen and oxygen atoms in total. The predicted octanol–water partition coefficient (Wildman–Crippen LogP) is 4.97. The number of pyridine rings is 1. The quantitative estimate of drug-likeness (QED) is 0.725. The first-order chi connectivity index (χ1) is 9.70. The van der Waals surface area contributed by atoms with Crippen molar-refractivity contribution < 1.29 is 0 Å². The van der Waals surface area contributed by atoms with E-state index in [0.29, 0.717) is 10.0 Å². The Kier molecular flexibility index (Phi) is 5.45. The highest BCUT2D eigenvalue weighted by Crippen LogP contribution is 2.29. The van der Waals surface area contributed by atoms with Gasteiger partial charge in [-0.05, 0) is 36.8 Å². The largest absolute Gasteiger partial charge is 0.362 e. The van der Waals surface area contributed by atoms with Gasteiger partial charge < -0.3 is 4.90 Å². The van der Waals surface area contributed by atoms with Crippen LogP contribution in [0.5, 0.6) is 0 Å². The van der Waals surface area contributed by atoms with Crippen LogP contribution in [-0.4, -0.2) is 11.5 Å². The lowest BCUT2D eigenvalue weighted by Gasteiger charge is -2.24. The summed E-state index contributed by atoms with van der Waals surface area (Å²) in [6, 6.07) is 9.57. The number of hydrogen-bond acceptors (Lipinski definition) is 2. The van der Waals surface area contributed by atoms with Gasteiger partial charge in [-0.1, -0.05) is 41.4 Å². The molecule has 104 valence electrons. The van der Waals surface area contributed by atoms with Crippen LogP contribution in [0.1, 0.15) is 12.5 Å². The Morgan fingerprint density at radius 3 is 2.75 bits per heavy atom. The Balaban J connectivity index is 2.27. The minimum atomic E-state index is 0.645. The monoisotopic (exact) mass is 306 g/mol. The second-order valence-electron chi connectivity index (χ2n) is 4.41. The highest BCUT2D eigenvalue weighted by atomic mass is 35.5. The molecule has 1 aromatic carbocycles. The van der Waals surface area contributed by atoms with E-state index in [1.165, 1.54) is 0 Å². The zero-order valence-electron chi connectivity index (χ0n) is 11.3. The van der Waals surface area contributed by atoms with Crippen molar-refractivity contribution in [1.29, 1.82) is 0 Å². The molecule has 1 heterocycles. The minimum Gasteiger partial charge on any atom is -0.362 e. The van der Waals surface area contributed by atoms with Crippen LogP contribution in [0.2, 0.25) is 10.0 Å². The van der Waals surface area contributed by atoms with Gasteiger partial charge in [-0.2, -0.15) is 0 Å². The van der Waals surface area contributed by atoms with Crippen molar-refractivity contribution in [2.24, 2.45) is 0 Å². The maximum absolute atomic E-state index is 6.30. The third-order valence-electron chi connectivity index (χ3n) is 2.91. The molecule has 2 aromatic rings. The van der Waals surface area contributed by atoms with Crippen molar-refractivity contribution >= 4 is 28.9 Å². The van der Waals surface area contributed by atoms with E-state index in [1.54, 1.807) is 12.3 Å². The van der Waals surface area contributed by atoms with Gasteiger partial charge in [0, 0.05) is 30.5 Å². The summed E-state index contributed by atoms with van der Waals surface area (Å²) in [6.07, 6.45) is 7.77. The normalized spacial score (nSPS) is 10.9. The molecule has 0 atom stereocenters. The topological polar surface area (TPSA) is 16.1 Å². The van der Waals surface area contributed by atoms with Crippen molar-refractivity contribution in [3.05, 3.63) is 70.5 Å². The maximum Gasteiger partial charge on any atom is 0.0654 e. The van der Waals surface area contributed by atoms with Crippen molar-refractivity contribution in [3.63, 3.8) is 0 Å². The van der Waals surface area contributed by atoms with Crippen LogP contribution in [0, 0.1) is 0 Å². The summed E-state index contributed by atoms with van der Waals surface area (Å²) in [6.45, 7) is 3.54. The molecule has 2 rings (SSSR count). The van der Waals surface area contributed by atoms with Gasteiger partial charge in [0.25, 0.3) is 0 Å². The van der Waals surface area contributed by atoms with Gasteiger partial charge >= 0.3 is 0 Å². The van der Waals surface area contributed by atoms with Crippen molar-refractivity contribution in [1.82, 2.24) is 4.98 Å².